The number of halogens is 2. The largest absolute Gasteiger partial charge is 0.339 e. The normalized spacial score (nSPS) is 17.3. The van der Waals surface area contributed by atoms with Gasteiger partial charge in [-0.25, -0.2) is 8.78 Å². The maximum absolute atomic E-state index is 13.3. The zero-order valence-corrected chi connectivity index (χ0v) is 13.2. The molecular formula is C17H24F2N2O. The van der Waals surface area contributed by atoms with Gasteiger partial charge in [-0.3, -0.25) is 4.79 Å². The minimum absolute atomic E-state index is 0.0516. The molecule has 5 heteroatoms. The van der Waals surface area contributed by atoms with Gasteiger partial charge in [-0.15, -0.1) is 0 Å². The van der Waals surface area contributed by atoms with Crippen molar-refractivity contribution in [3.05, 3.63) is 35.4 Å². The molecule has 3 nitrogen and oxygen atoms in total. The van der Waals surface area contributed by atoms with E-state index in [1.807, 2.05) is 6.92 Å². The molecule has 1 aliphatic heterocycles. The van der Waals surface area contributed by atoms with Gasteiger partial charge in [0.2, 0.25) is 5.91 Å². The van der Waals surface area contributed by atoms with Gasteiger partial charge in [0.05, 0.1) is 6.04 Å². The molecule has 22 heavy (non-hydrogen) atoms. The molecule has 2 rings (SSSR count). The van der Waals surface area contributed by atoms with Crippen LogP contribution in [0.3, 0.4) is 0 Å². The van der Waals surface area contributed by atoms with Gasteiger partial charge in [0, 0.05) is 13.5 Å². The van der Waals surface area contributed by atoms with Gasteiger partial charge in [-0.2, -0.15) is 0 Å². The molecule has 1 fully saturated rings. The molecule has 0 radical (unpaired) electrons. The Labute approximate surface area is 130 Å². The van der Waals surface area contributed by atoms with E-state index in [1.54, 1.807) is 11.9 Å². The predicted molar refractivity (Wildman–Crippen MR) is 82.4 cm³/mol. The van der Waals surface area contributed by atoms with Crippen LogP contribution in [0.1, 0.15) is 44.2 Å². The molecule has 0 spiro atoms. The van der Waals surface area contributed by atoms with Crippen molar-refractivity contribution in [2.24, 2.45) is 5.92 Å². The van der Waals surface area contributed by atoms with E-state index < -0.39 is 11.6 Å². The Kier molecular flexibility index (Phi) is 5.89. The fourth-order valence-electron chi connectivity index (χ4n) is 2.89. The van der Waals surface area contributed by atoms with Crippen molar-refractivity contribution < 1.29 is 13.6 Å². The minimum atomic E-state index is -0.875. The summed E-state index contributed by atoms with van der Waals surface area (Å²) >= 11 is 0. The molecule has 1 unspecified atom stereocenters. The second kappa shape index (κ2) is 7.68. The molecule has 1 N–H and O–H groups in total. The number of piperidine rings is 1. The summed E-state index contributed by atoms with van der Waals surface area (Å²) in [6.07, 6.45) is 3.65. The van der Waals surface area contributed by atoms with Crippen molar-refractivity contribution in [1.29, 1.82) is 0 Å². The summed E-state index contributed by atoms with van der Waals surface area (Å²) in [6.45, 7) is 3.88. The van der Waals surface area contributed by atoms with Gasteiger partial charge in [0.15, 0.2) is 11.6 Å². The van der Waals surface area contributed by atoms with Crippen molar-refractivity contribution in [2.75, 3.05) is 20.1 Å². The Morgan fingerprint density at radius 3 is 2.64 bits per heavy atom. The van der Waals surface area contributed by atoms with Crippen LogP contribution in [0.4, 0.5) is 8.78 Å². The zero-order chi connectivity index (χ0) is 16.1. The smallest absolute Gasteiger partial charge is 0.222 e. The molecule has 1 aromatic rings. The Bertz CT molecular complexity index is 515. The van der Waals surface area contributed by atoms with Crippen LogP contribution in [0.5, 0.6) is 0 Å². The average Bonchev–Trinajstić information content (AvgIpc) is 2.54. The van der Waals surface area contributed by atoms with Crippen LogP contribution in [0.2, 0.25) is 0 Å². The SMILES string of the molecule is CC(c1ccc(F)c(F)c1)N(C)C(=O)CCC1CCNCC1. The van der Waals surface area contributed by atoms with Crippen molar-refractivity contribution in [1.82, 2.24) is 10.2 Å². The van der Waals surface area contributed by atoms with E-state index in [-0.39, 0.29) is 11.9 Å². The number of nitrogens with zero attached hydrogens (tertiary/aromatic N) is 1. The Morgan fingerprint density at radius 2 is 2.00 bits per heavy atom. The summed E-state index contributed by atoms with van der Waals surface area (Å²) in [7, 11) is 1.72. The summed E-state index contributed by atoms with van der Waals surface area (Å²) in [5.41, 5.74) is 0.608. The highest BCUT2D eigenvalue weighted by atomic mass is 19.2. The first-order chi connectivity index (χ1) is 10.5. The van der Waals surface area contributed by atoms with Crippen molar-refractivity contribution in [3.8, 4) is 0 Å². The molecule has 1 saturated heterocycles. The van der Waals surface area contributed by atoms with E-state index >= 15 is 0 Å². The van der Waals surface area contributed by atoms with Gasteiger partial charge in [-0.1, -0.05) is 6.07 Å². The number of hydrogen-bond acceptors (Lipinski definition) is 2. The first kappa shape index (κ1) is 16.9. The predicted octanol–water partition coefficient (Wildman–Crippen LogP) is 3.26. The third-order valence-corrected chi connectivity index (χ3v) is 4.63. The zero-order valence-electron chi connectivity index (χ0n) is 13.2. The topological polar surface area (TPSA) is 32.3 Å². The van der Waals surface area contributed by atoms with Crippen molar-refractivity contribution in [2.45, 2.75) is 38.6 Å². The molecule has 0 aromatic heterocycles. The van der Waals surface area contributed by atoms with E-state index in [1.165, 1.54) is 6.07 Å². The Balaban J connectivity index is 1.89. The number of hydrogen-bond donors (Lipinski definition) is 1. The second-order valence-corrected chi connectivity index (χ2v) is 6.09. The van der Waals surface area contributed by atoms with E-state index in [2.05, 4.69) is 5.32 Å². The van der Waals surface area contributed by atoms with Crippen LogP contribution in [-0.2, 0) is 4.79 Å². The molecular weight excluding hydrogens is 286 g/mol. The highest BCUT2D eigenvalue weighted by Gasteiger charge is 2.20. The molecule has 1 atom stereocenters. The fraction of sp³-hybridized carbons (Fsp3) is 0.588. The van der Waals surface area contributed by atoms with Gasteiger partial charge in [0.1, 0.15) is 0 Å². The van der Waals surface area contributed by atoms with Crippen molar-refractivity contribution in [3.63, 3.8) is 0 Å². The van der Waals surface area contributed by atoms with Crippen LogP contribution in [0.15, 0.2) is 18.2 Å². The van der Waals surface area contributed by atoms with Crippen LogP contribution in [0, 0.1) is 17.6 Å². The van der Waals surface area contributed by atoms with Gasteiger partial charge < -0.3 is 10.2 Å². The quantitative estimate of drug-likeness (QED) is 0.905. The summed E-state index contributed by atoms with van der Waals surface area (Å²) in [5, 5.41) is 3.31. The first-order valence-electron chi connectivity index (χ1n) is 7.90. The molecule has 122 valence electrons. The molecule has 1 aromatic carbocycles. The summed E-state index contributed by atoms with van der Waals surface area (Å²) in [4.78, 5) is 13.9. The lowest BCUT2D eigenvalue weighted by molar-refractivity contribution is -0.132. The number of carbonyl (C=O) groups excluding carboxylic acids is 1. The summed E-state index contributed by atoms with van der Waals surface area (Å²) < 4.78 is 26.3. The van der Waals surface area contributed by atoms with E-state index in [9.17, 15) is 13.6 Å². The lowest BCUT2D eigenvalue weighted by atomic mass is 9.93. The molecule has 0 aliphatic carbocycles. The standard InChI is InChI=1S/C17H24F2N2O/c1-12(14-4-5-15(18)16(19)11-14)21(2)17(22)6-3-13-7-9-20-10-8-13/h4-5,11-13,20H,3,6-10H2,1-2H3. The third kappa shape index (κ3) is 4.26. The number of benzene rings is 1. The highest BCUT2D eigenvalue weighted by Crippen LogP contribution is 2.23. The highest BCUT2D eigenvalue weighted by molar-refractivity contribution is 5.76. The Morgan fingerprint density at radius 1 is 1.32 bits per heavy atom. The van der Waals surface area contributed by atoms with Crippen LogP contribution >= 0.6 is 0 Å². The summed E-state index contributed by atoms with van der Waals surface area (Å²) in [5.74, 6) is -1.08. The lowest BCUT2D eigenvalue weighted by Crippen LogP contribution is -2.31. The van der Waals surface area contributed by atoms with Crippen LogP contribution in [0.25, 0.3) is 0 Å². The first-order valence-corrected chi connectivity index (χ1v) is 7.90. The van der Waals surface area contributed by atoms with Crippen molar-refractivity contribution >= 4 is 5.91 Å². The average molecular weight is 310 g/mol. The van der Waals surface area contributed by atoms with Crippen LogP contribution in [-0.4, -0.2) is 30.9 Å². The monoisotopic (exact) mass is 310 g/mol. The van der Waals surface area contributed by atoms with Gasteiger partial charge in [0.25, 0.3) is 0 Å². The fourth-order valence-corrected chi connectivity index (χ4v) is 2.89. The van der Waals surface area contributed by atoms with Gasteiger partial charge in [-0.05, 0) is 62.9 Å². The number of rotatable bonds is 5. The molecule has 0 bridgehead atoms. The number of carbonyl (C=O) groups is 1. The van der Waals surface area contributed by atoms with E-state index in [0.29, 0.717) is 17.9 Å². The lowest BCUT2D eigenvalue weighted by Gasteiger charge is -2.27. The molecule has 0 saturated carbocycles. The number of amides is 1. The van der Waals surface area contributed by atoms with E-state index in [4.69, 9.17) is 0 Å². The minimum Gasteiger partial charge on any atom is -0.339 e. The van der Waals surface area contributed by atoms with E-state index in [0.717, 1.165) is 44.5 Å². The number of nitrogens with one attached hydrogen (secondary N) is 1. The molecule has 1 heterocycles. The Hall–Kier alpha value is -1.49. The maximum Gasteiger partial charge on any atom is 0.222 e. The van der Waals surface area contributed by atoms with Crippen LogP contribution < -0.4 is 5.32 Å². The molecule has 1 aliphatic rings. The molecule has 1 amide bonds. The third-order valence-electron chi connectivity index (χ3n) is 4.63. The maximum atomic E-state index is 13.3. The second-order valence-electron chi connectivity index (χ2n) is 6.09. The van der Waals surface area contributed by atoms with Gasteiger partial charge >= 0.3 is 0 Å². The summed E-state index contributed by atoms with van der Waals surface area (Å²) in [6, 6.07) is 3.53.